The van der Waals surface area contributed by atoms with Crippen molar-refractivity contribution in [3.05, 3.63) is 152 Å². The molecule has 0 radical (unpaired) electrons. The predicted octanol–water partition coefficient (Wildman–Crippen LogP) is 7.84. The molecule has 0 spiro atoms. The van der Waals surface area contributed by atoms with Crippen molar-refractivity contribution in [1.82, 2.24) is 24.5 Å². The Hall–Kier alpha value is -5.88. The van der Waals surface area contributed by atoms with Crippen molar-refractivity contribution in [2.45, 2.75) is 0 Å². The Kier molecular flexibility index (Phi) is 8.31. The minimum Gasteiger partial charge on any atom is -0.439 e. The summed E-state index contributed by atoms with van der Waals surface area (Å²) >= 11 is 0. The lowest BCUT2D eigenvalue weighted by Gasteiger charge is -2.16. The fourth-order valence-electron chi connectivity index (χ4n) is 6.13. The van der Waals surface area contributed by atoms with Crippen LogP contribution < -0.4 is 30.7 Å². The molecule has 0 saturated heterocycles. The van der Waals surface area contributed by atoms with E-state index in [2.05, 4.69) is 19.9 Å². The standard InChI is InChI=1S/C40H31N5O4P2/c1-50(46,30-12-7-10-28(24-30)48-38-14-3-5-20-41-38)32-16-18-34-35-19-17-33(27-37(35)45(36(34)26-32)40-43-22-9-23-44-40)51(2,47)31-13-8-11-29(25-31)49-39-15-4-6-21-42-39/h3-27H,1-2H3. The topological polar surface area (TPSA) is 109 Å². The summed E-state index contributed by atoms with van der Waals surface area (Å²) in [6, 6.07) is 39.0. The third kappa shape index (κ3) is 6.23. The van der Waals surface area contributed by atoms with Gasteiger partial charge in [0.1, 0.15) is 25.8 Å². The lowest BCUT2D eigenvalue weighted by Crippen LogP contribution is -2.16. The van der Waals surface area contributed by atoms with Crippen molar-refractivity contribution in [3.63, 3.8) is 0 Å². The van der Waals surface area contributed by atoms with Crippen molar-refractivity contribution < 1.29 is 18.6 Å². The van der Waals surface area contributed by atoms with E-state index in [0.717, 1.165) is 21.8 Å². The van der Waals surface area contributed by atoms with Gasteiger partial charge in [0.15, 0.2) is 0 Å². The van der Waals surface area contributed by atoms with Crippen molar-refractivity contribution >= 4 is 57.3 Å². The van der Waals surface area contributed by atoms with Gasteiger partial charge in [-0.15, -0.1) is 0 Å². The van der Waals surface area contributed by atoms with E-state index in [4.69, 9.17) is 9.47 Å². The highest BCUT2D eigenvalue weighted by Crippen LogP contribution is 2.44. The van der Waals surface area contributed by atoms with E-state index in [1.54, 1.807) is 68.4 Å². The average molecular weight is 708 g/mol. The minimum atomic E-state index is -3.11. The number of pyridine rings is 2. The molecule has 250 valence electrons. The van der Waals surface area contributed by atoms with Crippen LogP contribution in [-0.2, 0) is 9.13 Å². The maximum atomic E-state index is 14.7. The summed E-state index contributed by atoms with van der Waals surface area (Å²) in [4.78, 5) is 17.7. The van der Waals surface area contributed by atoms with E-state index in [-0.39, 0.29) is 0 Å². The largest absolute Gasteiger partial charge is 0.439 e. The fourth-order valence-corrected chi connectivity index (χ4v) is 9.67. The zero-order valence-corrected chi connectivity index (χ0v) is 29.5. The molecule has 2 atom stereocenters. The molecule has 4 heterocycles. The molecule has 51 heavy (non-hydrogen) atoms. The second kappa shape index (κ2) is 13.1. The minimum absolute atomic E-state index is 0.445. The van der Waals surface area contributed by atoms with E-state index in [1.165, 1.54) is 0 Å². The van der Waals surface area contributed by atoms with Gasteiger partial charge < -0.3 is 18.6 Å². The number of rotatable bonds is 9. The molecule has 4 aromatic heterocycles. The third-order valence-electron chi connectivity index (χ3n) is 8.81. The van der Waals surface area contributed by atoms with Crippen molar-refractivity contribution in [3.8, 4) is 29.2 Å². The number of nitrogens with zero attached hydrogens (tertiary/aromatic N) is 5. The Balaban J connectivity index is 1.22. The van der Waals surface area contributed by atoms with Crippen LogP contribution in [0.2, 0.25) is 0 Å². The van der Waals surface area contributed by atoms with Crippen LogP contribution in [0.4, 0.5) is 0 Å². The van der Waals surface area contributed by atoms with Crippen molar-refractivity contribution in [2.75, 3.05) is 13.3 Å². The molecule has 0 fully saturated rings. The molecule has 2 unspecified atom stereocenters. The maximum Gasteiger partial charge on any atom is 0.234 e. The molecule has 11 heteroatoms. The zero-order valence-electron chi connectivity index (χ0n) is 27.7. The van der Waals surface area contributed by atoms with Crippen LogP contribution in [0.3, 0.4) is 0 Å². The van der Waals surface area contributed by atoms with Crippen LogP contribution in [-0.4, -0.2) is 37.8 Å². The third-order valence-corrected chi connectivity index (χ3v) is 13.9. The van der Waals surface area contributed by atoms with E-state index >= 15 is 0 Å². The number of ether oxygens (including phenoxy) is 2. The van der Waals surface area contributed by atoms with Gasteiger partial charge in [0.05, 0.1) is 11.0 Å². The Morgan fingerprint density at radius 2 is 0.922 bits per heavy atom. The molecule has 0 aliphatic rings. The highest BCUT2D eigenvalue weighted by atomic mass is 31.2. The molecule has 0 aliphatic carbocycles. The molecule has 0 N–H and O–H groups in total. The summed E-state index contributed by atoms with van der Waals surface area (Å²) in [7, 11) is -6.22. The first-order valence-corrected chi connectivity index (χ1v) is 20.5. The monoisotopic (exact) mass is 707 g/mol. The average Bonchev–Trinajstić information content (AvgIpc) is 3.49. The maximum absolute atomic E-state index is 14.7. The summed E-state index contributed by atoms with van der Waals surface area (Å²) in [5.74, 6) is 2.45. The van der Waals surface area contributed by atoms with E-state index in [9.17, 15) is 9.13 Å². The van der Waals surface area contributed by atoms with E-state index in [1.807, 2.05) is 102 Å². The van der Waals surface area contributed by atoms with Gasteiger partial charge in [0, 0.05) is 68.9 Å². The molecule has 8 rings (SSSR count). The SMILES string of the molecule is CP(=O)(c1cccc(Oc2ccccn2)c1)c1ccc2c3ccc(P(C)(=O)c4cccc(Oc5ccccn5)c4)cc3n(-c3ncccn3)c2c1. The van der Waals surface area contributed by atoms with E-state index < -0.39 is 14.3 Å². The van der Waals surface area contributed by atoms with Gasteiger partial charge in [-0.1, -0.05) is 60.7 Å². The van der Waals surface area contributed by atoms with Gasteiger partial charge in [0.2, 0.25) is 17.7 Å². The van der Waals surface area contributed by atoms with Gasteiger partial charge in [-0.25, -0.2) is 19.9 Å². The van der Waals surface area contributed by atoms with Gasteiger partial charge in [-0.05, 0) is 67.9 Å². The van der Waals surface area contributed by atoms with Crippen molar-refractivity contribution in [1.29, 1.82) is 0 Å². The highest BCUT2D eigenvalue weighted by Gasteiger charge is 2.27. The second-order valence-electron chi connectivity index (χ2n) is 12.2. The Morgan fingerprint density at radius 1 is 0.471 bits per heavy atom. The fraction of sp³-hybridized carbons (Fsp3) is 0.0500. The summed E-state index contributed by atoms with van der Waals surface area (Å²) in [6.07, 6.45) is 6.69. The molecule has 0 aliphatic heterocycles. The number of hydrogen-bond donors (Lipinski definition) is 0. The summed E-state index contributed by atoms with van der Waals surface area (Å²) in [6.45, 7) is 3.52. The van der Waals surface area contributed by atoms with Crippen LogP contribution in [0, 0.1) is 0 Å². The Bertz CT molecular complexity index is 2470. The second-order valence-corrected chi connectivity index (χ2v) is 17.9. The number of fused-ring (bicyclic) bond motifs is 3. The highest BCUT2D eigenvalue weighted by molar-refractivity contribution is 7.78. The molecule has 4 aromatic carbocycles. The Morgan fingerprint density at radius 3 is 1.37 bits per heavy atom. The Labute approximate surface area is 294 Å². The smallest absolute Gasteiger partial charge is 0.234 e. The van der Waals surface area contributed by atoms with Gasteiger partial charge >= 0.3 is 0 Å². The van der Waals surface area contributed by atoms with Gasteiger partial charge in [-0.3, -0.25) is 4.57 Å². The molecular weight excluding hydrogens is 676 g/mol. The number of hydrogen-bond acceptors (Lipinski definition) is 8. The van der Waals surface area contributed by atoms with Crippen LogP contribution in [0.1, 0.15) is 0 Å². The molecule has 0 saturated carbocycles. The van der Waals surface area contributed by atoms with Crippen molar-refractivity contribution in [2.24, 2.45) is 0 Å². The first kappa shape index (κ1) is 32.3. The number of benzene rings is 4. The number of aromatic nitrogens is 5. The van der Waals surface area contributed by atoms with E-state index in [0.29, 0.717) is 50.4 Å². The normalized spacial score (nSPS) is 13.8. The van der Waals surface area contributed by atoms with Gasteiger partial charge in [0.25, 0.3) is 0 Å². The van der Waals surface area contributed by atoms with Crippen LogP contribution >= 0.6 is 14.3 Å². The zero-order chi connectivity index (χ0) is 35.0. The summed E-state index contributed by atoms with van der Waals surface area (Å²) < 4.78 is 43.2. The molecule has 0 amide bonds. The first-order valence-electron chi connectivity index (χ1n) is 16.2. The van der Waals surface area contributed by atoms with Gasteiger partial charge in [-0.2, -0.15) is 0 Å². The molecule has 8 aromatic rings. The van der Waals surface area contributed by atoms with Crippen LogP contribution in [0.5, 0.6) is 23.3 Å². The van der Waals surface area contributed by atoms with Crippen LogP contribution in [0.25, 0.3) is 27.8 Å². The summed E-state index contributed by atoms with van der Waals surface area (Å²) in [5.41, 5.74) is 1.57. The van der Waals surface area contributed by atoms with Crippen LogP contribution in [0.15, 0.2) is 152 Å². The molecule has 9 nitrogen and oxygen atoms in total. The predicted molar refractivity (Wildman–Crippen MR) is 203 cm³/mol. The molecular formula is C40H31N5O4P2. The molecule has 0 bridgehead atoms. The first-order chi connectivity index (χ1) is 24.8. The summed E-state index contributed by atoms with van der Waals surface area (Å²) in [5, 5.41) is 4.48. The lowest BCUT2D eigenvalue weighted by molar-refractivity contribution is 0.463. The quantitative estimate of drug-likeness (QED) is 0.140. The lowest BCUT2D eigenvalue weighted by atomic mass is 10.1.